The molecule has 0 atom stereocenters. The van der Waals surface area contributed by atoms with Gasteiger partial charge in [-0.25, -0.2) is 0 Å². The Labute approximate surface area is 193 Å². The van der Waals surface area contributed by atoms with Gasteiger partial charge in [0.25, 0.3) is 0 Å². The molecule has 0 N–H and O–H groups in total. The number of benzene rings is 4. The maximum atomic E-state index is 6.48. The van der Waals surface area contributed by atoms with Crippen molar-refractivity contribution >= 4 is 12.4 Å². The smallest absolute Gasteiger partial charge is 0.178 e. The van der Waals surface area contributed by atoms with Crippen LogP contribution in [0.3, 0.4) is 0 Å². The van der Waals surface area contributed by atoms with Crippen molar-refractivity contribution < 1.29 is 9.47 Å². The summed E-state index contributed by atoms with van der Waals surface area (Å²) in [5.74, 6) is 2.96. The number of rotatable bonds is 3. The zero-order valence-electron chi connectivity index (χ0n) is 18.7. The van der Waals surface area contributed by atoms with E-state index in [4.69, 9.17) is 9.47 Å². The lowest BCUT2D eigenvalue weighted by atomic mass is 9.82. The van der Waals surface area contributed by atoms with Gasteiger partial charge in [0, 0.05) is 16.5 Å². The number of hydrogen-bond donors (Lipinski definition) is 0. The van der Waals surface area contributed by atoms with E-state index in [1.54, 1.807) is 0 Å². The minimum atomic E-state index is -0.0796. The predicted molar refractivity (Wildman–Crippen MR) is 135 cm³/mol. The lowest BCUT2D eigenvalue weighted by molar-refractivity contribution is 0.360. The molecule has 160 valence electrons. The molecular formula is C30H23NO2. The summed E-state index contributed by atoms with van der Waals surface area (Å²) in [6.07, 6.45) is 0. The summed E-state index contributed by atoms with van der Waals surface area (Å²) in [5.41, 5.74) is 8.53. The van der Waals surface area contributed by atoms with Gasteiger partial charge in [-0.2, -0.15) is 0 Å². The molecule has 0 spiro atoms. The summed E-state index contributed by atoms with van der Waals surface area (Å²) in [6.45, 7) is 12.1. The molecule has 0 saturated heterocycles. The molecule has 1 aliphatic heterocycles. The van der Waals surface area contributed by atoms with Gasteiger partial charge in [-0.05, 0) is 58.8 Å². The van der Waals surface area contributed by atoms with Gasteiger partial charge in [-0.1, -0.05) is 75.0 Å². The zero-order valence-corrected chi connectivity index (χ0v) is 18.7. The maximum absolute atomic E-state index is 6.48. The van der Waals surface area contributed by atoms with Crippen LogP contribution in [0.2, 0.25) is 0 Å². The SMILES string of the molecule is C=NC(=C)c1cccc(-c2ccc3c(c2)Oc2ccc4c(c2O3)-c2ccccc2C4(C)C)c1. The van der Waals surface area contributed by atoms with Gasteiger partial charge in [0.2, 0.25) is 0 Å². The highest BCUT2D eigenvalue weighted by atomic mass is 16.6. The van der Waals surface area contributed by atoms with Gasteiger partial charge in [-0.15, -0.1) is 0 Å². The van der Waals surface area contributed by atoms with Crippen LogP contribution >= 0.6 is 0 Å². The summed E-state index contributed by atoms with van der Waals surface area (Å²) in [5, 5.41) is 0. The van der Waals surface area contributed by atoms with Crippen molar-refractivity contribution in [3.63, 3.8) is 0 Å². The third kappa shape index (κ3) is 2.86. The quantitative estimate of drug-likeness (QED) is 0.270. The van der Waals surface area contributed by atoms with Gasteiger partial charge >= 0.3 is 0 Å². The third-order valence-corrected chi connectivity index (χ3v) is 6.76. The zero-order chi connectivity index (χ0) is 22.7. The van der Waals surface area contributed by atoms with E-state index in [1.165, 1.54) is 16.7 Å². The molecule has 4 aromatic rings. The van der Waals surface area contributed by atoms with Crippen molar-refractivity contribution in [3.05, 3.63) is 102 Å². The van der Waals surface area contributed by atoms with Crippen LogP contribution in [0.25, 0.3) is 28.0 Å². The molecule has 0 radical (unpaired) electrons. The highest BCUT2D eigenvalue weighted by Crippen LogP contribution is 2.58. The minimum absolute atomic E-state index is 0.0796. The standard InChI is InChI=1S/C30H23NO2/c1-18(31-4)19-8-7-9-20(16-19)21-12-14-25-27(17-21)32-26-15-13-24-28(29(26)33-25)22-10-5-6-11-23(22)30(24,2)3/h5-17H,1,4H2,2-3H3. The van der Waals surface area contributed by atoms with Crippen molar-refractivity contribution in [2.45, 2.75) is 19.3 Å². The Morgan fingerprint density at radius 3 is 2.39 bits per heavy atom. The Morgan fingerprint density at radius 1 is 0.758 bits per heavy atom. The first-order valence-corrected chi connectivity index (χ1v) is 11.0. The molecule has 0 unspecified atom stereocenters. The second-order valence-electron chi connectivity index (χ2n) is 9.04. The second kappa shape index (κ2) is 6.94. The lowest BCUT2D eigenvalue weighted by Gasteiger charge is -2.25. The lowest BCUT2D eigenvalue weighted by Crippen LogP contribution is -2.15. The van der Waals surface area contributed by atoms with Gasteiger partial charge in [-0.3, -0.25) is 4.99 Å². The van der Waals surface area contributed by atoms with E-state index < -0.39 is 0 Å². The Morgan fingerprint density at radius 2 is 1.55 bits per heavy atom. The molecule has 4 aromatic carbocycles. The van der Waals surface area contributed by atoms with Crippen molar-refractivity contribution in [2.24, 2.45) is 4.99 Å². The molecule has 0 saturated carbocycles. The summed E-state index contributed by atoms with van der Waals surface area (Å²) in [4.78, 5) is 3.95. The van der Waals surface area contributed by atoms with Crippen LogP contribution in [0.15, 0.2) is 90.4 Å². The third-order valence-electron chi connectivity index (χ3n) is 6.76. The van der Waals surface area contributed by atoms with Gasteiger partial charge in [0.15, 0.2) is 23.0 Å². The predicted octanol–water partition coefficient (Wildman–Crippen LogP) is 8.23. The van der Waals surface area contributed by atoms with E-state index in [9.17, 15) is 0 Å². The number of ether oxygens (including phenoxy) is 2. The molecule has 1 heterocycles. The molecule has 0 amide bonds. The monoisotopic (exact) mass is 429 g/mol. The van der Waals surface area contributed by atoms with E-state index in [0.29, 0.717) is 11.4 Å². The molecular weight excluding hydrogens is 406 g/mol. The number of hydrogen-bond acceptors (Lipinski definition) is 3. The fraction of sp³-hybridized carbons (Fsp3) is 0.100. The minimum Gasteiger partial charge on any atom is -0.449 e. The van der Waals surface area contributed by atoms with Crippen molar-refractivity contribution in [1.29, 1.82) is 0 Å². The van der Waals surface area contributed by atoms with Crippen LogP contribution in [0, 0.1) is 0 Å². The summed E-state index contributed by atoms with van der Waals surface area (Å²) in [7, 11) is 0. The van der Waals surface area contributed by atoms with Gasteiger partial charge in [0.1, 0.15) is 0 Å². The highest BCUT2D eigenvalue weighted by Gasteiger charge is 2.39. The topological polar surface area (TPSA) is 30.8 Å². The molecule has 2 aliphatic rings. The van der Waals surface area contributed by atoms with E-state index in [1.807, 2.05) is 30.3 Å². The van der Waals surface area contributed by atoms with Crippen LogP contribution in [-0.4, -0.2) is 6.72 Å². The highest BCUT2D eigenvalue weighted by molar-refractivity contribution is 5.88. The van der Waals surface area contributed by atoms with Crippen LogP contribution in [0.1, 0.15) is 30.5 Å². The molecule has 3 heteroatoms. The Hall–Kier alpha value is -4.11. The first-order chi connectivity index (χ1) is 16.0. The number of nitrogens with zero attached hydrogens (tertiary/aromatic N) is 1. The van der Waals surface area contributed by atoms with Gasteiger partial charge < -0.3 is 9.47 Å². The van der Waals surface area contributed by atoms with E-state index >= 15 is 0 Å². The average molecular weight is 430 g/mol. The van der Waals surface area contributed by atoms with Crippen LogP contribution in [0.4, 0.5) is 0 Å². The van der Waals surface area contributed by atoms with Gasteiger partial charge in [0.05, 0.1) is 5.70 Å². The van der Waals surface area contributed by atoms with Crippen molar-refractivity contribution in [2.75, 3.05) is 0 Å². The Bertz CT molecular complexity index is 1480. The molecule has 33 heavy (non-hydrogen) atoms. The molecule has 3 nitrogen and oxygen atoms in total. The van der Waals surface area contributed by atoms with E-state index in [-0.39, 0.29) is 5.41 Å². The van der Waals surface area contributed by atoms with Crippen molar-refractivity contribution in [3.8, 4) is 45.3 Å². The first kappa shape index (κ1) is 19.6. The first-order valence-electron chi connectivity index (χ1n) is 11.0. The fourth-order valence-electron chi connectivity index (χ4n) is 4.97. The van der Waals surface area contributed by atoms with E-state index in [0.717, 1.165) is 39.5 Å². The molecule has 0 bridgehead atoms. The van der Waals surface area contributed by atoms with Crippen molar-refractivity contribution in [1.82, 2.24) is 0 Å². The largest absolute Gasteiger partial charge is 0.449 e. The molecule has 6 rings (SSSR count). The molecule has 0 fully saturated rings. The van der Waals surface area contributed by atoms with Crippen LogP contribution in [-0.2, 0) is 5.41 Å². The van der Waals surface area contributed by atoms with Crippen LogP contribution in [0.5, 0.6) is 23.0 Å². The summed E-state index contributed by atoms with van der Waals surface area (Å²) in [6, 6.07) is 26.9. The molecule has 1 aliphatic carbocycles. The number of aliphatic imine (C=N–C) groups is 1. The fourth-order valence-corrected chi connectivity index (χ4v) is 4.97. The normalized spacial score (nSPS) is 14.1. The molecule has 0 aromatic heterocycles. The second-order valence-corrected chi connectivity index (χ2v) is 9.04. The number of fused-ring (bicyclic) bond motifs is 6. The average Bonchev–Trinajstić information content (AvgIpc) is 3.09. The summed E-state index contributed by atoms with van der Waals surface area (Å²) >= 11 is 0. The summed E-state index contributed by atoms with van der Waals surface area (Å²) < 4.78 is 12.9. The Kier molecular flexibility index (Phi) is 4.12. The van der Waals surface area contributed by atoms with E-state index in [2.05, 4.69) is 80.7 Å². The van der Waals surface area contributed by atoms with Crippen LogP contribution < -0.4 is 9.47 Å². The maximum Gasteiger partial charge on any atom is 0.178 e. The Balaban J connectivity index is 1.42.